The van der Waals surface area contributed by atoms with Crippen LogP contribution < -0.4 is 10.6 Å². The van der Waals surface area contributed by atoms with Gasteiger partial charge in [0.05, 0.1) is 11.4 Å². The van der Waals surface area contributed by atoms with E-state index in [1.807, 2.05) is 36.5 Å². The normalized spacial score (nSPS) is 17.8. The molecule has 1 fully saturated rings. The summed E-state index contributed by atoms with van der Waals surface area (Å²) in [5.41, 5.74) is 1.68. The second-order valence-corrected chi connectivity index (χ2v) is 5.35. The van der Waals surface area contributed by atoms with Gasteiger partial charge in [0.2, 0.25) is 5.91 Å². The Morgan fingerprint density at radius 3 is 3.05 bits per heavy atom. The zero-order valence-corrected chi connectivity index (χ0v) is 12.0. The molecular formula is C16H20N4O. The molecule has 1 aromatic heterocycles. The fourth-order valence-electron chi connectivity index (χ4n) is 2.71. The lowest BCUT2D eigenvalue weighted by Gasteiger charge is -2.12. The summed E-state index contributed by atoms with van der Waals surface area (Å²) in [7, 11) is 0. The molecule has 1 atom stereocenters. The van der Waals surface area contributed by atoms with Gasteiger partial charge in [-0.1, -0.05) is 12.1 Å². The number of amides is 1. The lowest BCUT2D eigenvalue weighted by molar-refractivity contribution is -0.116. The number of para-hydroxylation sites is 2. The molecule has 2 heterocycles. The maximum absolute atomic E-state index is 12.1. The molecule has 0 aliphatic carbocycles. The Kier molecular flexibility index (Phi) is 4.31. The Labute approximate surface area is 124 Å². The van der Waals surface area contributed by atoms with Gasteiger partial charge in [0.1, 0.15) is 0 Å². The monoisotopic (exact) mass is 284 g/mol. The van der Waals surface area contributed by atoms with E-state index in [4.69, 9.17) is 0 Å². The molecule has 2 aromatic rings. The van der Waals surface area contributed by atoms with E-state index in [0.29, 0.717) is 12.5 Å². The van der Waals surface area contributed by atoms with Crippen LogP contribution in [0.5, 0.6) is 0 Å². The van der Waals surface area contributed by atoms with Gasteiger partial charge < -0.3 is 10.6 Å². The van der Waals surface area contributed by atoms with E-state index in [1.54, 1.807) is 10.9 Å². The predicted octanol–water partition coefficient (Wildman–Crippen LogP) is 2.34. The van der Waals surface area contributed by atoms with E-state index in [0.717, 1.165) is 24.3 Å². The summed E-state index contributed by atoms with van der Waals surface area (Å²) in [6, 6.07) is 10.1. The zero-order valence-electron chi connectivity index (χ0n) is 12.0. The highest BCUT2D eigenvalue weighted by atomic mass is 16.1. The van der Waals surface area contributed by atoms with E-state index in [2.05, 4.69) is 15.7 Å². The Hall–Kier alpha value is -2.14. The first-order chi connectivity index (χ1) is 10.3. The van der Waals surface area contributed by atoms with Crippen molar-refractivity contribution >= 4 is 11.6 Å². The minimum absolute atomic E-state index is 0.0586. The molecule has 21 heavy (non-hydrogen) atoms. The van der Waals surface area contributed by atoms with E-state index in [9.17, 15) is 4.79 Å². The van der Waals surface area contributed by atoms with Gasteiger partial charge in [0, 0.05) is 24.9 Å². The van der Waals surface area contributed by atoms with Crippen LogP contribution in [0.25, 0.3) is 5.69 Å². The maximum Gasteiger partial charge on any atom is 0.224 e. The minimum atomic E-state index is 0.0586. The number of rotatable bonds is 5. The van der Waals surface area contributed by atoms with Crippen molar-refractivity contribution in [2.24, 2.45) is 0 Å². The van der Waals surface area contributed by atoms with Gasteiger partial charge in [-0.15, -0.1) is 0 Å². The van der Waals surface area contributed by atoms with Crippen LogP contribution in [0.1, 0.15) is 25.7 Å². The molecule has 1 aromatic carbocycles. The highest BCUT2D eigenvalue weighted by Gasteiger charge is 2.16. The lowest BCUT2D eigenvalue weighted by Crippen LogP contribution is -2.23. The van der Waals surface area contributed by atoms with E-state index < -0.39 is 0 Å². The molecule has 0 spiro atoms. The zero-order chi connectivity index (χ0) is 14.5. The Bertz CT molecular complexity index is 588. The van der Waals surface area contributed by atoms with Gasteiger partial charge in [0.25, 0.3) is 0 Å². The van der Waals surface area contributed by atoms with Crippen LogP contribution in [0.3, 0.4) is 0 Å². The third-order valence-corrected chi connectivity index (χ3v) is 3.81. The SMILES string of the molecule is O=C(CCC1CCCN1)Nc1ccccc1-n1cccn1. The van der Waals surface area contributed by atoms with Crippen molar-refractivity contribution < 1.29 is 4.79 Å². The van der Waals surface area contributed by atoms with Gasteiger partial charge in [-0.05, 0) is 44.0 Å². The van der Waals surface area contributed by atoms with Gasteiger partial charge in [-0.25, -0.2) is 4.68 Å². The first-order valence-corrected chi connectivity index (χ1v) is 7.45. The van der Waals surface area contributed by atoms with Crippen LogP contribution in [-0.2, 0) is 4.79 Å². The second-order valence-electron chi connectivity index (χ2n) is 5.35. The summed E-state index contributed by atoms with van der Waals surface area (Å²) in [4.78, 5) is 12.1. The first-order valence-electron chi connectivity index (χ1n) is 7.45. The van der Waals surface area contributed by atoms with Gasteiger partial charge in [-0.3, -0.25) is 4.79 Å². The number of carbonyl (C=O) groups excluding carboxylic acids is 1. The van der Waals surface area contributed by atoms with Crippen molar-refractivity contribution in [2.45, 2.75) is 31.7 Å². The molecule has 0 bridgehead atoms. The van der Waals surface area contributed by atoms with Crippen LogP contribution in [-0.4, -0.2) is 28.3 Å². The van der Waals surface area contributed by atoms with Crippen molar-refractivity contribution in [3.05, 3.63) is 42.7 Å². The molecule has 3 rings (SSSR count). The third kappa shape index (κ3) is 3.49. The number of anilines is 1. The Morgan fingerprint density at radius 2 is 2.29 bits per heavy atom. The molecular weight excluding hydrogens is 264 g/mol. The Morgan fingerprint density at radius 1 is 1.38 bits per heavy atom. The molecule has 2 N–H and O–H groups in total. The van der Waals surface area contributed by atoms with Gasteiger partial charge in [0.15, 0.2) is 0 Å². The molecule has 1 aliphatic heterocycles. The Balaban J connectivity index is 1.63. The van der Waals surface area contributed by atoms with Crippen molar-refractivity contribution in [3.63, 3.8) is 0 Å². The maximum atomic E-state index is 12.1. The summed E-state index contributed by atoms with van der Waals surface area (Å²) >= 11 is 0. The standard InChI is InChI=1S/C16H20N4O/c21-16(9-8-13-5-3-10-17-13)19-14-6-1-2-7-15(14)20-12-4-11-18-20/h1-2,4,6-7,11-13,17H,3,5,8-10H2,(H,19,21). The first kappa shape index (κ1) is 13.8. The molecule has 1 aliphatic rings. The number of nitrogens with one attached hydrogen (secondary N) is 2. The molecule has 1 unspecified atom stereocenters. The van der Waals surface area contributed by atoms with Crippen molar-refractivity contribution in [3.8, 4) is 5.69 Å². The number of hydrogen-bond donors (Lipinski definition) is 2. The summed E-state index contributed by atoms with van der Waals surface area (Å²) in [5, 5.41) is 10.6. The topological polar surface area (TPSA) is 59.0 Å². The molecule has 5 nitrogen and oxygen atoms in total. The second kappa shape index (κ2) is 6.54. The van der Waals surface area contributed by atoms with Crippen molar-refractivity contribution in [2.75, 3.05) is 11.9 Å². The molecule has 0 saturated carbocycles. The number of nitrogens with zero attached hydrogens (tertiary/aromatic N) is 2. The van der Waals surface area contributed by atoms with Crippen LogP contribution in [0, 0.1) is 0 Å². The molecule has 0 radical (unpaired) electrons. The summed E-state index contributed by atoms with van der Waals surface area (Å²) in [6.45, 7) is 1.08. The van der Waals surface area contributed by atoms with E-state index >= 15 is 0 Å². The highest BCUT2D eigenvalue weighted by Crippen LogP contribution is 2.19. The number of aromatic nitrogens is 2. The summed E-state index contributed by atoms with van der Waals surface area (Å²) in [5.74, 6) is 0.0586. The number of hydrogen-bond acceptors (Lipinski definition) is 3. The van der Waals surface area contributed by atoms with Crippen molar-refractivity contribution in [1.29, 1.82) is 0 Å². The summed E-state index contributed by atoms with van der Waals surface area (Å²) < 4.78 is 1.76. The fourth-order valence-corrected chi connectivity index (χ4v) is 2.71. The molecule has 5 heteroatoms. The largest absolute Gasteiger partial charge is 0.324 e. The van der Waals surface area contributed by atoms with Crippen LogP contribution >= 0.6 is 0 Å². The van der Waals surface area contributed by atoms with Gasteiger partial charge in [-0.2, -0.15) is 5.10 Å². The third-order valence-electron chi connectivity index (χ3n) is 3.81. The average molecular weight is 284 g/mol. The molecule has 1 amide bonds. The van der Waals surface area contributed by atoms with Gasteiger partial charge >= 0.3 is 0 Å². The average Bonchev–Trinajstić information content (AvgIpc) is 3.19. The van der Waals surface area contributed by atoms with Crippen LogP contribution in [0.4, 0.5) is 5.69 Å². The molecule has 110 valence electrons. The predicted molar refractivity (Wildman–Crippen MR) is 82.5 cm³/mol. The van der Waals surface area contributed by atoms with E-state index in [-0.39, 0.29) is 5.91 Å². The van der Waals surface area contributed by atoms with Crippen LogP contribution in [0.15, 0.2) is 42.7 Å². The quantitative estimate of drug-likeness (QED) is 0.886. The highest BCUT2D eigenvalue weighted by molar-refractivity contribution is 5.92. The summed E-state index contributed by atoms with van der Waals surface area (Å²) in [6.07, 6.45) is 7.43. The van der Waals surface area contributed by atoms with Crippen molar-refractivity contribution in [1.82, 2.24) is 15.1 Å². The number of benzene rings is 1. The minimum Gasteiger partial charge on any atom is -0.324 e. The smallest absolute Gasteiger partial charge is 0.224 e. The number of carbonyl (C=O) groups is 1. The fraction of sp³-hybridized carbons (Fsp3) is 0.375. The lowest BCUT2D eigenvalue weighted by atomic mass is 10.1. The van der Waals surface area contributed by atoms with E-state index in [1.165, 1.54) is 12.8 Å². The van der Waals surface area contributed by atoms with Crippen LogP contribution in [0.2, 0.25) is 0 Å². The molecule has 1 saturated heterocycles.